The number of likely N-dealkylation sites (tertiary alicyclic amines) is 1. The number of amides is 1. The lowest BCUT2D eigenvalue weighted by atomic mass is 10.1. The van der Waals surface area contributed by atoms with Gasteiger partial charge >= 0.3 is 0 Å². The highest BCUT2D eigenvalue weighted by molar-refractivity contribution is 7.86. The van der Waals surface area contributed by atoms with Crippen molar-refractivity contribution in [3.05, 3.63) is 102 Å². The first-order valence-electron chi connectivity index (χ1n) is 13.5. The van der Waals surface area contributed by atoms with Gasteiger partial charge in [-0.25, -0.2) is 14.4 Å². The summed E-state index contributed by atoms with van der Waals surface area (Å²) in [4.78, 5) is 24.6. The summed E-state index contributed by atoms with van der Waals surface area (Å²) in [6, 6.07) is 17.8. The van der Waals surface area contributed by atoms with E-state index in [0.29, 0.717) is 45.5 Å². The third-order valence-electron chi connectivity index (χ3n) is 7.37. The van der Waals surface area contributed by atoms with Crippen LogP contribution < -0.4 is 0 Å². The minimum Gasteiger partial charge on any atom is -0.336 e. The third-order valence-corrected chi connectivity index (χ3v) is 9.69. The van der Waals surface area contributed by atoms with E-state index in [-0.39, 0.29) is 29.1 Å². The number of nitrogens with zero attached hydrogens (tertiary/aromatic N) is 4. The highest BCUT2D eigenvalue weighted by Crippen LogP contribution is 2.29. The molecule has 0 spiro atoms. The van der Waals surface area contributed by atoms with E-state index in [1.165, 1.54) is 30.6 Å². The van der Waals surface area contributed by atoms with Gasteiger partial charge in [0, 0.05) is 60.0 Å². The molecule has 1 aliphatic heterocycles. The maximum atomic E-state index is 14.3. The molecule has 43 heavy (non-hydrogen) atoms. The number of hydrogen-bond acceptors (Lipinski definition) is 7. The van der Waals surface area contributed by atoms with Crippen molar-refractivity contribution in [3.63, 3.8) is 0 Å². The van der Waals surface area contributed by atoms with Crippen molar-refractivity contribution < 1.29 is 26.0 Å². The highest BCUT2D eigenvalue weighted by atomic mass is 32.2. The van der Waals surface area contributed by atoms with Gasteiger partial charge < -0.3 is 4.90 Å². The average molecular weight is 619 g/mol. The number of aromatic nitrogens is 3. The maximum Gasteiger partial charge on any atom is 0.297 e. The van der Waals surface area contributed by atoms with Crippen molar-refractivity contribution in [2.45, 2.75) is 29.2 Å². The molecule has 2 atom stereocenters. The van der Waals surface area contributed by atoms with Gasteiger partial charge in [0.05, 0.1) is 32.2 Å². The number of carbonyl (C=O) groups excluding carboxylic acids is 1. The van der Waals surface area contributed by atoms with Gasteiger partial charge in [-0.3, -0.25) is 17.8 Å². The number of carbonyl (C=O) groups is 1. The zero-order valence-electron chi connectivity index (χ0n) is 23.3. The zero-order chi connectivity index (χ0) is 30.3. The fourth-order valence-electron chi connectivity index (χ4n) is 5.12. The molecule has 3 heterocycles. The van der Waals surface area contributed by atoms with Gasteiger partial charge in [-0.15, -0.1) is 0 Å². The van der Waals surface area contributed by atoms with E-state index in [1.54, 1.807) is 70.5 Å². The van der Waals surface area contributed by atoms with Gasteiger partial charge in [0.1, 0.15) is 5.82 Å². The largest absolute Gasteiger partial charge is 0.336 e. The normalized spacial score (nSPS) is 16.1. The van der Waals surface area contributed by atoms with Crippen LogP contribution in [0.1, 0.15) is 22.3 Å². The number of halogens is 1. The van der Waals surface area contributed by atoms with Crippen molar-refractivity contribution in [1.29, 1.82) is 0 Å². The quantitative estimate of drug-likeness (QED) is 0.239. The molecule has 1 fully saturated rings. The van der Waals surface area contributed by atoms with Crippen LogP contribution in [0.3, 0.4) is 0 Å². The first-order chi connectivity index (χ1) is 20.6. The smallest absolute Gasteiger partial charge is 0.297 e. The van der Waals surface area contributed by atoms with E-state index in [4.69, 9.17) is 4.18 Å². The van der Waals surface area contributed by atoms with E-state index in [1.807, 2.05) is 6.92 Å². The lowest BCUT2D eigenvalue weighted by Gasteiger charge is -2.17. The van der Waals surface area contributed by atoms with Crippen LogP contribution in [0, 0.1) is 12.7 Å². The third kappa shape index (κ3) is 5.73. The minimum atomic E-state index is -3.97. The molecule has 0 N–H and O–H groups in total. The standard InChI is InChI=1S/C31H27FN4O5S2/c1-20-7-10-24(11-8-20)43(39,40)41-23-13-14-35(18-23)30(37)21-9-12-26-28(15-21)36(19-29(26)42(2)38)31-33-16-22(17-34-31)25-5-3-4-6-27(25)32/h3-12,15-17,19,23H,13-14,18H2,1-2H3. The van der Waals surface area contributed by atoms with Gasteiger partial charge in [-0.2, -0.15) is 8.42 Å². The van der Waals surface area contributed by atoms with Crippen LogP contribution >= 0.6 is 0 Å². The molecule has 1 amide bonds. The molecule has 12 heteroatoms. The Bertz CT molecular complexity index is 1980. The van der Waals surface area contributed by atoms with Crippen LogP contribution in [0.5, 0.6) is 0 Å². The predicted molar refractivity (Wildman–Crippen MR) is 160 cm³/mol. The maximum absolute atomic E-state index is 14.3. The Morgan fingerprint density at radius 3 is 2.47 bits per heavy atom. The molecule has 3 aromatic carbocycles. The van der Waals surface area contributed by atoms with Gasteiger partial charge in [-0.1, -0.05) is 42.0 Å². The van der Waals surface area contributed by atoms with Crippen LogP contribution in [0.25, 0.3) is 28.0 Å². The fraction of sp³-hybridized carbons (Fsp3) is 0.194. The Hall–Kier alpha value is -4.26. The van der Waals surface area contributed by atoms with E-state index in [0.717, 1.165) is 5.56 Å². The summed E-state index contributed by atoms with van der Waals surface area (Å²) < 4.78 is 59.5. The van der Waals surface area contributed by atoms with Gasteiger partial charge in [-0.05, 0) is 43.7 Å². The second kappa shape index (κ2) is 11.4. The summed E-state index contributed by atoms with van der Waals surface area (Å²) in [5.41, 5.74) is 2.75. The van der Waals surface area contributed by atoms with Crippen molar-refractivity contribution in [2.24, 2.45) is 0 Å². The van der Waals surface area contributed by atoms with E-state index < -0.39 is 27.0 Å². The SMILES string of the molecule is Cc1ccc(S(=O)(=O)OC2CCN(C(=O)c3ccc4c(S(C)=O)cn(-c5ncc(-c6ccccc6F)cn5)c4c3)C2)cc1. The van der Waals surface area contributed by atoms with E-state index >= 15 is 0 Å². The summed E-state index contributed by atoms with van der Waals surface area (Å²) >= 11 is 0. The number of fused-ring (bicyclic) bond motifs is 1. The number of aryl methyl sites for hydroxylation is 1. The molecule has 2 unspecified atom stereocenters. The Kier molecular flexibility index (Phi) is 7.67. The molecule has 6 rings (SSSR count). The van der Waals surface area contributed by atoms with Crippen molar-refractivity contribution >= 4 is 37.7 Å². The Morgan fingerprint density at radius 2 is 1.77 bits per heavy atom. The topological polar surface area (TPSA) is 111 Å². The Morgan fingerprint density at radius 1 is 1.05 bits per heavy atom. The second-order valence-corrected chi connectivity index (χ2v) is 13.2. The second-order valence-electron chi connectivity index (χ2n) is 10.3. The minimum absolute atomic E-state index is 0.0716. The molecule has 0 bridgehead atoms. The summed E-state index contributed by atoms with van der Waals surface area (Å²) in [7, 11) is -5.31. The van der Waals surface area contributed by atoms with Crippen LogP contribution in [0.4, 0.5) is 4.39 Å². The lowest BCUT2D eigenvalue weighted by molar-refractivity contribution is 0.0773. The summed E-state index contributed by atoms with van der Waals surface area (Å²) in [5.74, 6) is -0.412. The number of hydrogen-bond donors (Lipinski definition) is 0. The van der Waals surface area contributed by atoms with Crippen molar-refractivity contribution in [1.82, 2.24) is 19.4 Å². The molecule has 2 aromatic heterocycles. The molecule has 1 aliphatic rings. The van der Waals surface area contributed by atoms with Gasteiger partial charge in [0.25, 0.3) is 16.0 Å². The predicted octanol–water partition coefficient (Wildman–Crippen LogP) is 4.89. The Labute approximate surface area is 250 Å². The molecule has 220 valence electrons. The summed E-state index contributed by atoms with van der Waals surface area (Å²) in [6.45, 7) is 2.32. The van der Waals surface area contributed by atoms with Crippen LogP contribution in [-0.2, 0) is 25.1 Å². The number of rotatable bonds is 7. The molecule has 0 saturated carbocycles. The van der Waals surface area contributed by atoms with E-state index in [9.17, 15) is 21.8 Å². The molecule has 9 nitrogen and oxygen atoms in total. The molecule has 0 radical (unpaired) electrons. The van der Waals surface area contributed by atoms with Gasteiger partial charge in [0.2, 0.25) is 5.95 Å². The summed E-state index contributed by atoms with van der Waals surface area (Å²) in [6.07, 6.45) is 5.96. The lowest BCUT2D eigenvalue weighted by Crippen LogP contribution is -2.30. The van der Waals surface area contributed by atoms with E-state index in [2.05, 4.69) is 9.97 Å². The number of benzene rings is 3. The molecular formula is C31H27FN4O5S2. The average Bonchev–Trinajstić information content (AvgIpc) is 3.62. The monoisotopic (exact) mass is 618 g/mol. The molecule has 0 aliphatic carbocycles. The van der Waals surface area contributed by atoms with Crippen molar-refractivity contribution in [2.75, 3.05) is 19.3 Å². The summed E-state index contributed by atoms with van der Waals surface area (Å²) in [5, 5.41) is 0.672. The highest BCUT2D eigenvalue weighted by Gasteiger charge is 2.32. The van der Waals surface area contributed by atoms with Crippen molar-refractivity contribution in [3.8, 4) is 17.1 Å². The first kappa shape index (κ1) is 28.8. The fourth-order valence-corrected chi connectivity index (χ4v) is 6.95. The molecular weight excluding hydrogens is 591 g/mol. The van der Waals surface area contributed by atoms with Crippen LogP contribution in [-0.4, -0.2) is 63.4 Å². The zero-order valence-corrected chi connectivity index (χ0v) is 24.9. The van der Waals surface area contributed by atoms with Crippen LogP contribution in [0.2, 0.25) is 0 Å². The Balaban J connectivity index is 1.26. The molecule has 5 aromatic rings. The van der Waals surface area contributed by atoms with Crippen LogP contribution in [0.15, 0.2) is 95.1 Å². The van der Waals surface area contributed by atoms with Gasteiger partial charge in [0.15, 0.2) is 0 Å². The first-order valence-corrected chi connectivity index (χ1v) is 16.4. The molecule has 1 saturated heterocycles.